The third-order valence-corrected chi connectivity index (χ3v) is 5.05. The highest BCUT2D eigenvalue weighted by atomic mass is 32.2. The van der Waals surface area contributed by atoms with Gasteiger partial charge in [0.1, 0.15) is 4.88 Å². The third-order valence-electron chi connectivity index (χ3n) is 2.80. The predicted molar refractivity (Wildman–Crippen MR) is 69.6 cm³/mol. The summed E-state index contributed by atoms with van der Waals surface area (Å²) in [5.41, 5.74) is 0.620. The molecule has 0 bridgehead atoms. The Kier molecular flexibility index (Phi) is 4.06. The summed E-state index contributed by atoms with van der Waals surface area (Å²) in [6.45, 7) is 6.13. The number of thiazole rings is 1. The van der Waals surface area contributed by atoms with E-state index in [9.17, 15) is 4.79 Å². The monoisotopic (exact) mass is 272 g/mol. The van der Waals surface area contributed by atoms with E-state index in [-0.39, 0.29) is 0 Å². The van der Waals surface area contributed by atoms with Crippen LogP contribution in [0.3, 0.4) is 0 Å². The molecule has 0 aromatic carbocycles. The zero-order valence-corrected chi connectivity index (χ0v) is 11.6. The van der Waals surface area contributed by atoms with Crippen LogP contribution in [0, 0.1) is 12.8 Å². The van der Waals surface area contributed by atoms with Gasteiger partial charge in [0.25, 0.3) is 0 Å². The van der Waals surface area contributed by atoms with Gasteiger partial charge >= 0.3 is 5.97 Å². The number of nitrogens with zero attached hydrogens (tertiary/aromatic N) is 2. The lowest BCUT2D eigenvalue weighted by molar-refractivity contribution is 0.0701. The molecule has 0 aliphatic carbocycles. The number of hydrogen-bond donors (Lipinski definition) is 1. The summed E-state index contributed by atoms with van der Waals surface area (Å²) in [6.07, 6.45) is 2.50. The lowest BCUT2D eigenvalue weighted by atomic mass is 10.0. The van der Waals surface area contributed by atoms with Crippen LogP contribution in [0.5, 0.6) is 0 Å². The predicted octanol–water partition coefficient (Wildman–Crippen LogP) is 2.89. The first-order valence-corrected chi connectivity index (χ1v) is 7.29. The molecule has 1 unspecified atom stereocenters. The van der Waals surface area contributed by atoms with Gasteiger partial charge in [-0.1, -0.05) is 18.3 Å². The molecule has 4 nitrogen and oxygen atoms in total. The number of carbonyl (C=O) groups is 1. The Morgan fingerprint density at radius 3 is 3.00 bits per heavy atom. The minimum atomic E-state index is -0.876. The number of aryl methyl sites for hydroxylation is 1. The molecule has 17 heavy (non-hydrogen) atoms. The van der Waals surface area contributed by atoms with E-state index in [2.05, 4.69) is 16.2 Å². The van der Waals surface area contributed by atoms with E-state index >= 15 is 0 Å². The van der Waals surface area contributed by atoms with Gasteiger partial charge in [0, 0.05) is 13.1 Å². The van der Waals surface area contributed by atoms with E-state index in [0.29, 0.717) is 10.6 Å². The van der Waals surface area contributed by atoms with Crippen molar-refractivity contribution in [1.82, 2.24) is 9.29 Å². The van der Waals surface area contributed by atoms with Gasteiger partial charge in [0.2, 0.25) is 0 Å². The number of carboxylic acids is 1. The normalized spacial score (nSPS) is 21.6. The second-order valence-corrected chi connectivity index (χ2v) is 6.77. The maximum Gasteiger partial charge on any atom is 0.347 e. The number of aromatic carboxylic acids is 1. The molecular weight excluding hydrogens is 256 g/mol. The van der Waals surface area contributed by atoms with Crippen molar-refractivity contribution in [1.29, 1.82) is 0 Å². The minimum absolute atomic E-state index is 0.359. The molecule has 0 saturated carbocycles. The fraction of sp³-hybridized carbons (Fsp3) is 0.636. The van der Waals surface area contributed by atoms with Gasteiger partial charge in [0.15, 0.2) is 4.34 Å². The molecule has 0 radical (unpaired) electrons. The van der Waals surface area contributed by atoms with Crippen LogP contribution in [0.2, 0.25) is 0 Å². The Bertz CT molecular complexity index is 420. The second kappa shape index (κ2) is 5.37. The smallest absolute Gasteiger partial charge is 0.347 e. The van der Waals surface area contributed by atoms with Crippen molar-refractivity contribution in [2.75, 3.05) is 13.1 Å². The molecular formula is C11H16N2O2S2. The quantitative estimate of drug-likeness (QED) is 0.857. The Morgan fingerprint density at radius 1 is 1.65 bits per heavy atom. The van der Waals surface area contributed by atoms with Gasteiger partial charge in [-0.15, -0.1) is 0 Å². The average Bonchev–Trinajstić information content (AvgIpc) is 2.59. The highest BCUT2D eigenvalue weighted by Gasteiger charge is 2.20. The van der Waals surface area contributed by atoms with Crippen molar-refractivity contribution in [3.05, 3.63) is 10.6 Å². The molecule has 2 rings (SSSR count). The zero-order valence-electron chi connectivity index (χ0n) is 9.97. The molecule has 1 aliphatic heterocycles. The summed E-state index contributed by atoms with van der Waals surface area (Å²) in [6, 6.07) is 0. The standard InChI is InChI=1S/C11H16N2O2S2/c1-7-4-3-5-13(6-7)17-11-12-8(2)9(16-11)10(14)15/h7H,3-6H2,1-2H3,(H,14,15). The van der Waals surface area contributed by atoms with E-state index in [1.165, 1.54) is 24.2 Å². The first-order chi connectivity index (χ1) is 8.06. The number of aromatic nitrogens is 1. The summed E-state index contributed by atoms with van der Waals surface area (Å²) in [4.78, 5) is 15.6. The molecule has 1 N–H and O–H groups in total. The van der Waals surface area contributed by atoms with Gasteiger partial charge in [-0.2, -0.15) is 0 Å². The van der Waals surface area contributed by atoms with E-state index in [1.807, 2.05) is 0 Å². The fourth-order valence-electron chi connectivity index (χ4n) is 1.95. The van der Waals surface area contributed by atoms with Crippen LogP contribution in [0.15, 0.2) is 4.34 Å². The van der Waals surface area contributed by atoms with Gasteiger partial charge < -0.3 is 5.11 Å². The lowest BCUT2D eigenvalue weighted by Gasteiger charge is -2.28. The molecule has 1 aromatic heterocycles. The van der Waals surface area contributed by atoms with Gasteiger partial charge in [-0.25, -0.2) is 14.1 Å². The molecule has 1 saturated heterocycles. The number of carboxylic acid groups (broad SMARTS) is 1. The van der Waals surface area contributed by atoms with Crippen LogP contribution in [0.25, 0.3) is 0 Å². The lowest BCUT2D eigenvalue weighted by Crippen LogP contribution is -2.28. The second-order valence-electron chi connectivity index (χ2n) is 4.43. The van der Waals surface area contributed by atoms with Crippen molar-refractivity contribution >= 4 is 29.3 Å². The van der Waals surface area contributed by atoms with Gasteiger partial charge in [-0.05, 0) is 37.6 Å². The maximum absolute atomic E-state index is 10.9. The molecule has 6 heteroatoms. The van der Waals surface area contributed by atoms with Crippen molar-refractivity contribution in [2.45, 2.75) is 31.0 Å². The average molecular weight is 272 g/mol. The van der Waals surface area contributed by atoms with E-state index in [4.69, 9.17) is 5.11 Å². The van der Waals surface area contributed by atoms with Crippen LogP contribution in [0.4, 0.5) is 0 Å². The van der Waals surface area contributed by atoms with Crippen LogP contribution in [-0.2, 0) is 0 Å². The van der Waals surface area contributed by atoms with Crippen LogP contribution in [-0.4, -0.2) is 33.5 Å². The molecule has 1 fully saturated rings. The van der Waals surface area contributed by atoms with Crippen molar-refractivity contribution in [2.24, 2.45) is 5.92 Å². The number of hydrogen-bond acceptors (Lipinski definition) is 5. The molecule has 2 heterocycles. The van der Waals surface area contributed by atoms with E-state index in [1.54, 1.807) is 18.9 Å². The van der Waals surface area contributed by atoms with Gasteiger partial charge in [-0.3, -0.25) is 0 Å². The fourth-order valence-corrected chi connectivity index (χ4v) is 4.25. The summed E-state index contributed by atoms with van der Waals surface area (Å²) in [7, 11) is 0. The van der Waals surface area contributed by atoms with E-state index < -0.39 is 5.97 Å². The molecule has 1 atom stereocenters. The molecule has 1 aliphatic rings. The topological polar surface area (TPSA) is 53.4 Å². The highest BCUT2D eigenvalue weighted by molar-refractivity contribution is 7.98. The Labute approximate surface area is 109 Å². The first kappa shape index (κ1) is 12.9. The minimum Gasteiger partial charge on any atom is -0.477 e. The van der Waals surface area contributed by atoms with E-state index in [0.717, 1.165) is 23.3 Å². The maximum atomic E-state index is 10.9. The van der Waals surface area contributed by atoms with Crippen molar-refractivity contribution in [3.8, 4) is 0 Å². The van der Waals surface area contributed by atoms with Gasteiger partial charge in [0.05, 0.1) is 5.69 Å². The summed E-state index contributed by atoms with van der Waals surface area (Å²) >= 11 is 2.87. The molecule has 0 amide bonds. The molecule has 94 valence electrons. The van der Waals surface area contributed by atoms with Crippen LogP contribution < -0.4 is 0 Å². The van der Waals surface area contributed by atoms with Crippen LogP contribution >= 0.6 is 23.3 Å². The third kappa shape index (κ3) is 3.20. The Balaban J connectivity index is 2.03. The number of rotatable bonds is 3. The summed E-state index contributed by atoms with van der Waals surface area (Å²) in [5.74, 6) is -0.157. The Hall–Kier alpha value is -0.590. The molecule has 1 aromatic rings. The van der Waals surface area contributed by atoms with Crippen molar-refractivity contribution in [3.63, 3.8) is 0 Å². The largest absolute Gasteiger partial charge is 0.477 e. The SMILES string of the molecule is Cc1nc(SN2CCCC(C)C2)sc1C(=O)O. The first-order valence-electron chi connectivity index (χ1n) is 5.70. The highest BCUT2D eigenvalue weighted by Crippen LogP contribution is 2.32. The zero-order chi connectivity index (χ0) is 12.4. The molecule has 0 spiro atoms. The number of piperidine rings is 1. The summed E-state index contributed by atoms with van der Waals surface area (Å²) < 4.78 is 3.13. The van der Waals surface area contributed by atoms with Crippen LogP contribution in [0.1, 0.15) is 35.1 Å². The van der Waals surface area contributed by atoms with Crippen molar-refractivity contribution < 1.29 is 9.90 Å². The summed E-state index contributed by atoms with van der Waals surface area (Å²) in [5, 5.41) is 8.97. The Morgan fingerprint density at radius 2 is 2.41 bits per heavy atom.